The van der Waals surface area contributed by atoms with Gasteiger partial charge in [-0.2, -0.15) is 0 Å². The quantitative estimate of drug-likeness (QED) is 0.843. The maximum Gasteiger partial charge on any atom is 0.289 e. The summed E-state index contributed by atoms with van der Waals surface area (Å²) in [5, 5.41) is 0. The minimum Gasteiger partial charge on any atom is -0.451 e. The van der Waals surface area contributed by atoms with Crippen molar-refractivity contribution in [1.82, 2.24) is 9.80 Å². The van der Waals surface area contributed by atoms with E-state index in [1.807, 2.05) is 4.90 Å². The number of nitrogens with zero attached hydrogens (tertiary/aromatic N) is 2. The van der Waals surface area contributed by atoms with Gasteiger partial charge in [0.2, 0.25) is 0 Å². The fraction of sp³-hybridized carbons (Fsp3) is 0.450. The van der Waals surface area contributed by atoms with E-state index >= 15 is 0 Å². The van der Waals surface area contributed by atoms with Crippen molar-refractivity contribution in [3.05, 3.63) is 48.0 Å². The van der Waals surface area contributed by atoms with Crippen molar-refractivity contribution in [2.75, 3.05) is 39.3 Å². The van der Waals surface area contributed by atoms with E-state index < -0.39 is 0 Å². The molecule has 0 aliphatic carbocycles. The summed E-state index contributed by atoms with van der Waals surface area (Å²) < 4.78 is 24.4. The predicted molar refractivity (Wildman–Crippen MR) is 95.4 cm³/mol. The second-order valence-electron chi connectivity index (χ2n) is 6.90. The van der Waals surface area contributed by atoms with Crippen LogP contribution in [0.2, 0.25) is 0 Å². The van der Waals surface area contributed by atoms with Crippen molar-refractivity contribution in [3.63, 3.8) is 0 Å². The first-order valence-electron chi connectivity index (χ1n) is 9.18. The van der Waals surface area contributed by atoms with Gasteiger partial charge in [0.25, 0.3) is 5.91 Å². The molecule has 2 aliphatic rings. The molecule has 2 saturated heterocycles. The first-order valence-corrected chi connectivity index (χ1v) is 9.18. The first-order chi connectivity index (χ1) is 12.7. The van der Waals surface area contributed by atoms with Gasteiger partial charge in [0.05, 0.1) is 6.10 Å². The number of carbonyl (C=O) groups excluding carboxylic acids is 1. The van der Waals surface area contributed by atoms with E-state index in [0.717, 1.165) is 44.6 Å². The molecular formula is C20H23FN2O3. The summed E-state index contributed by atoms with van der Waals surface area (Å²) in [6.45, 7) is 4.93. The van der Waals surface area contributed by atoms with Crippen LogP contribution in [0.25, 0.3) is 11.3 Å². The van der Waals surface area contributed by atoms with Gasteiger partial charge < -0.3 is 14.1 Å². The van der Waals surface area contributed by atoms with Gasteiger partial charge in [-0.15, -0.1) is 0 Å². The number of hydrogen-bond donors (Lipinski definition) is 0. The third kappa shape index (κ3) is 3.81. The van der Waals surface area contributed by atoms with Crippen LogP contribution >= 0.6 is 0 Å². The molecule has 5 nitrogen and oxygen atoms in total. The molecule has 6 heteroatoms. The third-order valence-corrected chi connectivity index (χ3v) is 5.09. The van der Waals surface area contributed by atoms with Crippen LogP contribution in [0.1, 0.15) is 23.4 Å². The van der Waals surface area contributed by atoms with E-state index in [4.69, 9.17) is 9.15 Å². The third-order valence-electron chi connectivity index (χ3n) is 5.09. The Labute approximate surface area is 152 Å². The minimum absolute atomic E-state index is 0.0878. The van der Waals surface area contributed by atoms with Gasteiger partial charge in [0.1, 0.15) is 11.6 Å². The molecule has 0 bridgehead atoms. The van der Waals surface area contributed by atoms with Gasteiger partial charge in [-0.05, 0) is 49.2 Å². The topological polar surface area (TPSA) is 45.9 Å². The van der Waals surface area contributed by atoms with Crippen LogP contribution in [0.4, 0.5) is 4.39 Å². The van der Waals surface area contributed by atoms with E-state index in [1.54, 1.807) is 24.3 Å². The van der Waals surface area contributed by atoms with Gasteiger partial charge >= 0.3 is 0 Å². The smallest absolute Gasteiger partial charge is 0.289 e. The van der Waals surface area contributed by atoms with E-state index in [-0.39, 0.29) is 11.7 Å². The predicted octanol–water partition coefficient (Wildman–Crippen LogP) is 3.02. The standard InChI is InChI=1S/C20H23FN2O3/c21-16-5-3-15(4-6-16)18-7-8-19(26-18)20(24)23-11-9-22(10-12-23)14-17-2-1-13-25-17/h3-8,17H,1-2,9-14H2/t17-/m1/s1. The Morgan fingerprint density at radius 2 is 1.85 bits per heavy atom. The van der Waals surface area contributed by atoms with Crippen LogP contribution in [0.5, 0.6) is 0 Å². The van der Waals surface area contributed by atoms with Crippen LogP contribution in [-0.2, 0) is 4.74 Å². The highest BCUT2D eigenvalue weighted by atomic mass is 19.1. The molecule has 0 N–H and O–H groups in total. The Kier molecular flexibility index (Phi) is 5.04. The Morgan fingerprint density at radius 3 is 2.54 bits per heavy atom. The fourth-order valence-electron chi connectivity index (χ4n) is 3.59. The van der Waals surface area contributed by atoms with Crippen LogP contribution in [0.15, 0.2) is 40.8 Å². The molecule has 2 fully saturated rings. The molecule has 0 unspecified atom stereocenters. The second kappa shape index (κ2) is 7.60. The monoisotopic (exact) mass is 358 g/mol. The van der Waals surface area contributed by atoms with E-state index in [9.17, 15) is 9.18 Å². The molecule has 3 heterocycles. The van der Waals surface area contributed by atoms with Crippen molar-refractivity contribution in [2.45, 2.75) is 18.9 Å². The molecule has 1 atom stereocenters. The Hall–Kier alpha value is -2.18. The zero-order valence-corrected chi connectivity index (χ0v) is 14.7. The average Bonchev–Trinajstić information content (AvgIpc) is 3.34. The maximum atomic E-state index is 13.0. The number of benzene rings is 1. The zero-order chi connectivity index (χ0) is 17.9. The van der Waals surface area contributed by atoms with Gasteiger partial charge in [-0.1, -0.05) is 0 Å². The molecule has 1 aromatic carbocycles. The summed E-state index contributed by atoms with van der Waals surface area (Å²) in [5.74, 6) is 0.523. The highest BCUT2D eigenvalue weighted by Gasteiger charge is 2.26. The molecular weight excluding hydrogens is 335 g/mol. The van der Waals surface area contributed by atoms with Crippen molar-refractivity contribution >= 4 is 5.91 Å². The van der Waals surface area contributed by atoms with E-state index in [1.165, 1.54) is 12.1 Å². The number of carbonyl (C=O) groups is 1. The summed E-state index contributed by atoms with van der Waals surface area (Å²) in [7, 11) is 0. The summed E-state index contributed by atoms with van der Waals surface area (Å²) >= 11 is 0. The number of ether oxygens (including phenoxy) is 1. The summed E-state index contributed by atoms with van der Waals surface area (Å²) in [6.07, 6.45) is 2.64. The lowest BCUT2D eigenvalue weighted by Gasteiger charge is -2.35. The molecule has 26 heavy (non-hydrogen) atoms. The normalized spacial score (nSPS) is 21.3. The van der Waals surface area contributed by atoms with Crippen LogP contribution < -0.4 is 0 Å². The Balaban J connectivity index is 1.34. The van der Waals surface area contributed by atoms with Crippen molar-refractivity contribution in [3.8, 4) is 11.3 Å². The molecule has 2 aromatic rings. The molecule has 2 aliphatic heterocycles. The lowest BCUT2D eigenvalue weighted by atomic mass is 10.2. The van der Waals surface area contributed by atoms with E-state index in [2.05, 4.69) is 4.90 Å². The second-order valence-corrected chi connectivity index (χ2v) is 6.90. The number of amides is 1. The van der Waals surface area contributed by atoms with Crippen LogP contribution in [-0.4, -0.2) is 61.1 Å². The van der Waals surface area contributed by atoms with Crippen LogP contribution in [0.3, 0.4) is 0 Å². The van der Waals surface area contributed by atoms with Gasteiger partial charge in [-0.3, -0.25) is 9.69 Å². The average molecular weight is 358 g/mol. The van der Waals surface area contributed by atoms with Gasteiger partial charge in [-0.25, -0.2) is 4.39 Å². The molecule has 0 saturated carbocycles. The maximum absolute atomic E-state index is 13.0. The van der Waals surface area contributed by atoms with Crippen molar-refractivity contribution in [2.24, 2.45) is 0 Å². The number of halogens is 1. The molecule has 1 amide bonds. The minimum atomic E-state index is -0.294. The number of furan rings is 1. The van der Waals surface area contributed by atoms with Crippen LogP contribution in [0, 0.1) is 5.82 Å². The highest BCUT2D eigenvalue weighted by Crippen LogP contribution is 2.23. The number of rotatable bonds is 4. The lowest BCUT2D eigenvalue weighted by Crippen LogP contribution is -2.50. The van der Waals surface area contributed by atoms with Gasteiger partial charge in [0.15, 0.2) is 5.76 Å². The molecule has 0 spiro atoms. The summed E-state index contributed by atoms with van der Waals surface area (Å²) in [4.78, 5) is 16.9. The first kappa shape index (κ1) is 17.2. The zero-order valence-electron chi connectivity index (χ0n) is 14.7. The fourth-order valence-corrected chi connectivity index (χ4v) is 3.59. The van der Waals surface area contributed by atoms with Crippen molar-refractivity contribution in [1.29, 1.82) is 0 Å². The SMILES string of the molecule is O=C(c1ccc(-c2ccc(F)cc2)o1)N1CCN(C[C@H]2CCCO2)CC1. The molecule has 4 rings (SSSR count). The molecule has 138 valence electrons. The molecule has 1 aromatic heterocycles. The molecule has 0 radical (unpaired) electrons. The Bertz CT molecular complexity index is 745. The lowest BCUT2D eigenvalue weighted by molar-refractivity contribution is 0.0417. The number of hydrogen-bond acceptors (Lipinski definition) is 4. The van der Waals surface area contributed by atoms with Crippen molar-refractivity contribution < 1.29 is 18.3 Å². The van der Waals surface area contributed by atoms with E-state index in [0.29, 0.717) is 30.7 Å². The Morgan fingerprint density at radius 1 is 1.08 bits per heavy atom. The summed E-state index contributed by atoms with van der Waals surface area (Å²) in [6, 6.07) is 9.51. The highest BCUT2D eigenvalue weighted by molar-refractivity contribution is 5.92. The van der Waals surface area contributed by atoms with Gasteiger partial charge in [0, 0.05) is 44.9 Å². The largest absolute Gasteiger partial charge is 0.451 e. The number of piperazine rings is 1. The summed E-state index contributed by atoms with van der Waals surface area (Å²) in [5.41, 5.74) is 0.756.